The Kier molecular flexibility index (Phi) is 4.92. The second kappa shape index (κ2) is 4.96. The molecule has 4 heteroatoms. The summed E-state index contributed by atoms with van der Waals surface area (Å²) in [5.41, 5.74) is -0.320. The van der Waals surface area contributed by atoms with Gasteiger partial charge in [0.1, 0.15) is 0 Å². The van der Waals surface area contributed by atoms with E-state index in [1.807, 2.05) is 34.1 Å². The second-order valence-electron chi connectivity index (χ2n) is 3.30. The van der Waals surface area contributed by atoms with Crippen LogP contribution in [-0.4, -0.2) is 31.8 Å². The van der Waals surface area contributed by atoms with Crippen molar-refractivity contribution < 1.29 is 0 Å². The van der Waals surface area contributed by atoms with Crippen molar-refractivity contribution >= 4 is 11.6 Å². The van der Waals surface area contributed by atoms with Gasteiger partial charge in [-0.2, -0.15) is 0 Å². The fourth-order valence-corrected chi connectivity index (χ4v) is 1.40. The van der Waals surface area contributed by atoms with E-state index >= 15 is 0 Å². The number of hydrogen-bond donors (Lipinski definition) is 3. The second-order valence-corrected chi connectivity index (χ2v) is 4.13. The summed E-state index contributed by atoms with van der Waals surface area (Å²) in [5.74, 6) is 0. The van der Waals surface area contributed by atoms with Crippen molar-refractivity contribution in [1.82, 2.24) is 16.0 Å². The predicted molar refractivity (Wildman–Crippen MR) is 59.0 cm³/mol. The van der Waals surface area contributed by atoms with Crippen LogP contribution in [0.5, 0.6) is 0 Å². The lowest BCUT2D eigenvalue weighted by Gasteiger charge is -2.36. The molecule has 0 radical (unpaired) electrons. The Hall–Kier alpha value is -0.0900. The Morgan fingerprint density at radius 2 is 1.69 bits per heavy atom. The van der Waals surface area contributed by atoms with Gasteiger partial charge < -0.3 is 5.32 Å². The first-order valence-electron chi connectivity index (χ1n) is 4.34. The van der Waals surface area contributed by atoms with Gasteiger partial charge >= 0.3 is 0 Å². The molecule has 1 unspecified atom stereocenters. The molecule has 0 aromatic heterocycles. The molecule has 0 amide bonds. The summed E-state index contributed by atoms with van der Waals surface area (Å²) >= 11 is 6.20. The third-order valence-corrected chi connectivity index (χ3v) is 2.70. The lowest BCUT2D eigenvalue weighted by molar-refractivity contribution is 0.294. The molecule has 0 aliphatic carbocycles. The van der Waals surface area contributed by atoms with Crippen molar-refractivity contribution in [2.75, 3.05) is 21.1 Å². The van der Waals surface area contributed by atoms with Gasteiger partial charge in [0.05, 0.1) is 10.7 Å². The van der Waals surface area contributed by atoms with Crippen molar-refractivity contribution in [3.8, 4) is 0 Å². The molecule has 0 heterocycles. The zero-order valence-corrected chi connectivity index (χ0v) is 9.63. The standard InChI is InChI=1S/C9H20ClN3/c1-6-9(12-4,13-5)7-8(2,10)11-3/h6,11-13H,1,7H2,2-5H3. The molecule has 0 saturated heterocycles. The van der Waals surface area contributed by atoms with Crippen LogP contribution in [0.2, 0.25) is 0 Å². The van der Waals surface area contributed by atoms with Crippen LogP contribution in [0.1, 0.15) is 13.3 Å². The van der Waals surface area contributed by atoms with E-state index in [1.165, 1.54) is 0 Å². The highest BCUT2D eigenvalue weighted by Gasteiger charge is 2.31. The first kappa shape index (κ1) is 12.9. The van der Waals surface area contributed by atoms with Gasteiger partial charge in [-0.25, -0.2) is 0 Å². The molecule has 0 aromatic rings. The molecule has 3 N–H and O–H groups in total. The Bertz CT molecular complexity index is 164. The van der Waals surface area contributed by atoms with Gasteiger partial charge in [-0.15, -0.1) is 11.6 Å². The minimum atomic E-state index is -0.444. The fraction of sp³-hybridized carbons (Fsp3) is 0.778. The van der Waals surface area contributed by atoms with E-state index in [-0.39, 0.29) is 5.66 Å². The van der Waals surface area contributed by atoms with E-state index in [9.17, 15) is 0 Å². The summed E-state index contributed by atoms with van der Waals surface area (Å²) in [4.78, 5) is -0.444. The zero-order valence-electron chi connectivity index (χ0n) is 8.87. The summed E-state index contributed by atoms with van der Waals surface area (Å²) < 4.78 is 0. The van der Waals surface area contributed by atoms with Crippen LogP contribution in [0.3, 0.4) is 0 Å². The maximum absolute atomic E-state index is 6.20. The van der Waals surface area contributed by atoms with Crippen molar-refractivity contribution in [2.24, 2.45) is 0 Å². The topological polar surface area (TPSA) is 36.1 Å². The molecule has 0 spiro atoms. The monoisotopic (exact) mass is 205 g/mol. The lowest BCUT2D eigenvalue weighted by Crippen LogP contribution is -2.57. The molecule has 0 fully saturated rings. The molecule has 1 atom stereocenters. The van der Waals surface area contributed by atoms with Gasteiger partial charge in [0.2, 0.25) is 0 Å². The zero-order chi connectivity index (χ0) is 10.5. The van der Waals surface area contributed by atoms with Gasteiger partial charge in [0.15, 0.2) is 0 Å². The molecule has 3 nitrogen and oxygen atoms in total. The quantitative estimate of drug-likeness (QED) is 0.261. The number of rotatable bonds is 6. The van der Waals surface area contributed by atoms with Crippen LogP contribution in [0.25, 0.3) is 0 Å². The van der Waals surface area contributed by atoms with Gasteiger partial charge in [0.25, 0.3) is 0 Å². The maximum Gasteiger partial charge on any atom is 0.0938 e. The SMILES string of the molecule is C=CC(CC(C)(Cl)NC)(NC)NC. The molecule has 0 aromatic carbocycles. The Morgan fingerprint density at radius 1 is 1.23 bits per heavy atom. The molecular weight excluding hydrogens is 186 g/mol. The minimum absolute atomic E-state index is 0.320. The van der Waals surface area contributed by atoms with Gasteiger partial charge in [-0.05, 0) is 28.1 Å². The van der Waals surface area contributed by atoms with Crippen molar-refractivity contribution in [3.63, 3.8) is 0 Å². The highest BCUT2D eigenvalue weighted by molar-refractivity contribution is 6.23. The molecule has 0 rings (SSSR count). The van der Waals surface area contributed by atoms with Crippen molar-refractivity contribution in [1.29, 1.82) is 0 Å². The van der Waals surface area contributed by atoms with E-state index in [1.54, 1.807) is 0 Å². The van der Waals surface area contributed by atoms with Crippen LogP contribution < -0.4 is 16.0 Å². The van der Waals surface area contributed by atoms with Crippen LogP contribution in [-0.2, 0) is 0 Å². The Balaban J connectivity index is 4.50. The van der Waals surface area contributed by atoms with Crippen LogP contribution in [0.15, 0.2) is 12.7 Å². The van der Waals surface area contributed by atoms with E-state index in [2.05, 4.69) is 22.5 Å². The first-order valence-corrected chi connectivity index (χ1v) is 4.72. The molecule has 0 saturated carbocycles. The molecular formula is C9H20ClN3. The third kappa shape index (κ3) is 3.65. The van der Waals surface area contributed by atoms with Crippen molar-refractivity contribution in [3.05, 3.63) is 12.7 Å². The smallest absolute Gasteiger partial charge is 0.0938 e. The number of nitrogens with one attached hydrogen (secondary N) is 3. The average molecular weight is 206 g/mol. The van der Waals surface area contributed by atoms with Crippen LogP contribution in [0, 0.1) is 0 Å². The molecule has 13 heavy (non-hydrogen) atoms. The maximum atomic E-state index is 6.20. The molecule has 0 aliphatic rings. The number of hydrogen-bond acceptors (Lipinski definition) is 3. The lowest BCUT2D eigenvalue weighted by atomic mass is 10.0. The summed E-state index contributed by atoms with van der Waals surface area (Å²) in [5, 5.41) is 9.34. The first-order chi connectivity index (χ1) is 5.95. The number of likely N-dealkylation sites (N-methyl/N-ethyl adjacent to an activating group) is 2. The average Bonchev–Trinajstić information content (AvgIpc) is 2.14. The van der Waals surface area contributed by atoms with Crippen LogP contribution in [0.4, 0.5) is 0 Å². The Morgan fingerprint density at radius 3 is 1.92 bits per heavy atom. The van der Waals surface area contributed by atoms with E-state index in [0.29, 0.717) is 6.42 Å². The van der Waals surface area contributed by atoms with Gasteiger partial charge in [0, 0.05) is 6.42 Å². The van der Waals surface area contributed by atoms with Crippen LogP contribution >= 0.6 is 11.6 Å². The van der Waals surface area contributed by atoms with Crippen molar-refractivity contribution in [2.45, 2.75) is 24.0 Å². The summed E-state index contributed by atoms with van der Waals surface area (Å²) in [6.45, 7) is 5.71. The fourth-order valence-electron chi connectivity index (χ4n) is 1.19. The molecule has 0 aliphatic heterocycles. The van der Waals surface area contributed by atoms with Gasteiger partial charge in [-0.1, -0.05) is 12.7 Å². The highest BCUT2D eigenvalue weighted by atomic mass is 35.5. The van der Waals surface area contributed by atoms with Gasteiger partial charge in [-0.3, -0.25) is 10.6 Å². The van der Waals surface area contributed by atoms with E-state index in [0.717, 1.165) is 0 Å². The summed E-state index contributed by atoms with van der Waals surface area (Å²) in [6.07, 6.45) is 2.53. The molecule has 0 bridgehead atoms. The summed E-state index contributed by atoms with van der Waals surface area (Å²) in [7, 11) is 5.59. The summed E-state index contributed by atoms with van der Waals surface area (Å²) in [6, 6.07) is 0. The number of halogens is 1. The Labute approximate surface area is 85.9 Å². The predicted octanol–water partition coefficient (Wildman–Crippen LogP) is 0.872. The molecule has 78 valence electrons. The largest absolute Gasteiger partial charge is 0.302 e. The van der Waals surface area contributed by atoms with E-state index in [4.69, 9.17) is 11.6 Å². The minimum Gasteiger partial charge on any atom is -0.302 e. The third-order valence-electron chi connectivity index (χ3n) is 2.37. The van der Waals surface area contributed by atoms with E-state index < -0.39 is 5.00 Å². The highest BCUT2D eigenvalue weighted by Crippen LogP contribution is 2.22. The number of alkyl halides is 1. The normalized spacial score (nSPS) is 16.7.